The third-order valence-electron chi connectivity index (χ3n) is 3.45. The fourth-order valence-electron chi connectivity index (χ4n) is 2.23. The Morgan fingerprint density at radius 1 is 1.17 bits per heavy atom. The van der Waals surface area contributed by atoms with E-state index in [-0.39, 0.29) is 5.69 Å². The van der Waals surface area contributed by atoms with E-state index < -0.39 is 11.2 Å². The molecule has 6 heteroatoms. The van der Waals surface area contributed by atoms with Crippen LogP contribution in [0.2, 0.25) is 0 Å². The molecule has 0 unspecified atom stereocenters. The summed E-state index contributed by atoms with van der Waals surface area (Å²) in [6.45, 7) is 0. The summed E-state index contributed by atoms with van der Waals surface area (Å²) in [4.78, 5) is 29.9. The molecule has 3 aromatic rings. The van der Waals surface area contributed by atoms with Gasteiger partial charge in [0, 0.05) is 56.4 Å². The van der Waals surface area contributed by atoms with E-state index in [4.69, 9.17) is 0 Å². The second kappa shape index (κ2) is 6.45. The van der Waals surface area contributed by atoms with Crippen LogP contribution >= 0.6 is 0 Å². The van der Waals surface area contributed by atoms with Gasteiger partial charge >= 0.3 is 0 Å². The summed E-state index contributed by atoms with van der Waals surface area (Å²) in [6, 6.07) is 8.96. The highest BCUT2D eigenvalue weighted by Crippen LogP contribution is 2.16. The fraction of sp³-hybridized carbons (Fsp3) is 0.111. The van der Waals surface area contributed by atoms with Crippen molar-refractivity contribution >= 4 is 16.6 Å². The highest BCUT2D eigenvalue weighted by atomic mass is 16.1. The van der Waals surface area contributed by atoms with Crippen LogP contribution in [0, 0.1) is 0 Å². The van der Waals surface area contributed by atoms with Gasteiger partial charge < -0.3 is 4.90 Å². The molecule has 2 heterocycles. The lowest BCUT2D eigenvalue weighted by molar-refractivity contribution is 0.103. The Morgan fingerprint density at radius 2 is 2.00 bits per heavy atom. The van der Waals surface area contributed by atoms with Gasteiger partial charge in [-0.1, -0.05) is 6.07 Å². The molecule has 120 valence electrons. The summed E-state index contributed by atoms with van der Waals surface area (Å²) in [6.07, 6.45) is 7.96. The van der Waals surface area contributed by atoms with Crippen LogP contribution in [-0.2, 0) is 0 Å². The lowest BCUT2D eigenvalue weighted by atomic mass is 10.1. The summed E-state index contributed by atoms with van der Waals surface area (Å²) in [5.41, 5.74) is 0.259. The number of fused-ring (bicyclic) bond motifs is 1. The van der Waals surface area contributed by atoms with Crippen molar-refractivity contribution in [3.8, 4) is 5.69 Å². The lowest BCUT2D eigenvalue weighted by Gasteiger charge is -2.08. The molecule has 0 saturated carbocycles. The molecule has 0 spiro atoms. The minimum atomic E-state index is -0.423. The standard InChI is InChI=1S/C18H16N4O2/c1-21(2)9-6-16(23)18-17(24)7-10-22(20-18)15-4-3-14-12-19-8-5-13(14)11-15/h3-12H,1-2H3. The average molecular weight is 320 g/mol. The topological polar surface area (TPSA) is 68.1 Å². The normalized spacial score (nSPS) is 11.1. The second-order valence-corrected chi connectivity index (χ2v) is 5.52. The van der Waals surface area contributed by atoms with E-state index in [1.165, 1.54) is 16.8 Å². The van der Waals surface area contributed by atoms with Crippen LogP contribution in [0.1, 0.15) is 10.5 Å². The maximum atomic E-state index is 12.2. The number of carbonyl (C=O) groups excluding carboxylic acids is 1. The number of ketones is 1. The molecule has 0 radical (unpaired) electrons. The van der Waals surface area contributed by atoms with E-state index in [0.717, 1.165) is 16.5 Å². The predicted octanol–water partition coefficient (Wildman–Crippen LogP) is 2.04. The van der Waals surface area contributed by atoms with Crippen LogP contribution in [0.4, 0.5) is 0 Å². The maximum absolute atomic E-state index is 12.2. The third-order valence-corrected chi connectivity index (χ3v) is 3.45. The first kappa shape index (κ1) is 15.6. The highest BCUT2D eigenvalue weighted by molar-refractivity contribution is 6.02. The number of hydrogen-bond donors (Lipinski definition) is 0. The Balaban J connectivity index is 2.03. The van der Waals surface area contributed by atoms with Gasteiger partial charge in [0.1, 0.15) is 0 Å². The molecule has 24 heavy (non-hydrogen) atoms. The fourth-order valence-corrected chi connectivity index (χ4v) is 2.23. The SMILES string of the molecule is CN(C)C=CC(=O)c1nn(-c2ccc3cnccc3c2)ccc1=O. The Kier molecular flexibility index (Phi) is 4.20. The first-order valence-corrected chi connectivity index (χ1v) is 7.38. The van der Waals surface area contributed by atoms with Crippen molar-refractivity contribution in [2.24, 2.45) is 0 Å². The van der Waals surface area contributed by atoms with E-state index in [2.05, 4.69) is 10.1 Å². The molecule has 0 N–H and O–H groups in total. The molecule has 1 aromatic carbocycles. The first-order chi connectivity index (χ1) is 11.5. The van der Waals surface area contributed by atoms with Gasteiger partial charge in [-0.25, -0.2) is 4.68 Å². The zero-order valence-corrected chi connectivity index (χ0v) is 13.4. The summed E-state index contributed by atoms with van der Waals surface area (Å²) < 4.78 is 1.53. The molecule has 0 aliphatic carbocycles. The van der Waals surface area contributed by atoms with Gasteiger partial charge in [-0.3, -0.25) is 14.6 Å². The van der Waals surface area contributed by atoms with E-state index in [1.54, 1.807) is 43.8 Å². The smallest absolute Gasteiger partial charge is 0.211 e. The molecular weight excluding hydrogens is 304 g/mol. The van der Waals surface area contributed by atoms with Gasteiger partial charge in [0.15, 0.2) is 5.69 Å². The molecule has 0 saturated heterocycles. The zero-order valence-electron chi connectivity index (χ0n) is 13.4. The van der Waals surface area contributed by atoms with Gasteiger partial charge in [-0.15, -0.1) is 0 Å². The van der Waals surface area contributed by atoms with Crippen LogP contribution in [0.25, 0.3) is 16.5 Å². The van der Waals surface area contributed by atoms with Gasteiger partial charge in [0.2, 0.25) is 11.2 Å². The van der Waals surface area contributed by atoms with Crippen molar-refractivity contribution in [2.75, 3.05) is 14.1 Å². The van der Waals surface area contributed by atoms with Gasteiger partial charge in [-0.2, -0.15) is 5.10 Å². The number of allylic oxidation sites excluding steroid dienone is 1. The van der Waals surface area contributed by atoms with E-state index in [1.807, 2.05) is 24.3 Å². The van der Waals surface area contributed by atoms with Crippen LogP contribution < -0.4 is 5.43 Å². The molecule has 0 bridgehead atoms. The third kappa shape index (κ3) is 3.22. The van der Waals surface area contributed by atoms with Crippen molar-refractivity contribution in [1.82, 2.24) is 19.7 Å². The summed E-state index contributed by atoms with van der Waals surface area (Å²) in [7, 11) is 3.59. The molecule has 6 nitrogen and oxygen atoms in total. The second-order valence-electron chi connectivity index (χ2n) is 5.52. The molecular formula is C18H16N4O2. The quantitative estimate of drug-likeness (QED) is 0.543. The van der Waals surface area contributed by atoms with Crippen molar-refractivity contribution < 1.29 is 4.79 Å². The largest absolute Gasteiger partial charge is 0.383 e. The van der Waals surface area contributed by atoms with Gasteiger partial charge in [0.05, 0.1) is 5.69 Å². The Morgan fingerprint density at radius 3 is 2.79 bits per heavy atom. The first-order valence-electron chi connectivity index (χ1n) is 7.38. The minimum Gasteiger partial charge on any atom is -0.383 e. The summed E-state index contributed by atoms with van der Waals surface area (Å²) in [5.74, 6) is -0.423. The van der Waals surface area contributed by atoms with Crippen LogP contribution in [0.3, 0.4) is 0 Å². The van der Waals surface area contributed by atoms with Gasteiger partial charge in [-0.05, 0) is 23.6 Å². The molecule has 3 rings (SSSR count). The number of hydrogen-bond acceptors (Lipinski definition) is 5. The summed E-state index contributed by atoms with van der Waals surface area (Å²) in [5, 5.41) is 6.21. The highest BCUT2D eigenvalue weighted by Gasteiger charge is 2.11. The number of aromatic nitrogens is 3. The number of carbonyl (C=O) groups is 1. The minimum absolute atomic E-state index is 0.106. The van der Waals surface area contributed by atoms with E-state index in [9.17, 15) is 9.59 Å². The van der Waals surface area contributed by atoms with Crippen LogP contribution in [0.5, 0.6) is 0 Å². The summed E-state index contributed by atoms with van der Waals surface area (Å²) >= 11 is 0. The van der Waals surface area contributed by atoms with E-state index >= 15 is 0 Å². The monoisotopic (exact) mass is 320 g/mol. The molecule has 0 aliphatic rings. The van der Waals surface area contributed by atoms with Crippen molar-refractivity contribution in [3.05, 3.63) is 77.1 Å². The molecule has 0 atom stereocenters. The van der Waals surface area contributed by atoms with Crippen molar-refractivity contribution in [2.45, 2.75) is 0 Å². The maximum Gasteiger partial charge on any atom is 0.211 e. The number of pyridine rings is 1. The molecule has 0 aliphatic heterocycles. The average Bonchev–Trinajstić information content (AvgIpc) is 2.59. The number of nitrogens with zero attached hydrogens (tertiary/aromatic N) is 4. The number of rotatable bonds is 4. The molecule has 2 aromatic heterocycles. The molecule has 0 fully saturated rings. The van der Waals surface area contributed by atoms with Crippen LogP contribution in [0.15, 0.2) is 66.0 Å². The number of benzene rings is 1. The van der Waals surface area contributed by atoms with Crippen molar-refractivity contribution in [1.29, 1.82) is 0 Å². The van der Waals surface area contributed by atoms with Crippen molar-refractivity contribution in [3.63, 3.8) is 0 Å². The predicted molar refractivity (Wildman–Crippen MR) is 92.3 cm³/mol. The zero-order chi connectivity index (χ0) is 17.1. The van der Waals surface area contributed by atoms with Gasteiger partial charge in [0.25, 0.3) is 0 Å². The Hall–Kier alpha value is -3.28. The Labute approximate surface area is 138 Å². The Bertz CT molecular complexity index is 989. The van der Waals surface area contributed by atoms with Crippen LogP contribution in [-0.4, -0.2) is 39.5 Å². The van der Waals surface area contributed by atoms with E-state index in [0.29, 0.717) is 0 Å². The molecule has 0 amide bonds. The lowest BCUT2D eigenvalue weighted by Crippen LogP contribution is -2.20.